The van der Waals surface area contributed by atoms with Gasteiger partial charge in [0.2, 0.25) is 5.95 Å². The van der Waals surface area contributed by atoms with Crippen molar-refractivity contribution in [1.82, 2.24) is 30.0 Å². The van der Waals surface area contributed by atoms with Crippen LogP contribution in [0.15, 0.2) is 60.8 Å². The minimum atomic E-state index is -0.477. The van der Waals surface area contributed by atoms with E-state index in [9.17, 15) is 14.0 Å². The number of pyridine rings is 1. The molecule has 4 heterocycles. The SMILES string of the molecule is O=C(Nc1nc2ccc(-c3cc(F)cc(Cl)c3)cc2[nH]1)c1cn2c(C(=O)NC3CCNCC3)cccc2n1. The molecule has 1 fully saturated rings. The highest BCUT2D eigenvalue weighted by Crippen LogP contribution is 2.27. The molecule has 1 aliphatic heterocycles. The van der Waals surface area contributed by atoms with E-state index in [-0.39, 0.29) is 23.6 Å². The molecular formula is C27H23ClFN7O2. The molecule has 2 aromatic carbocycles. The lowest BCUT2D eigenvalue weighted by Crippen LogP contribution is -2.43. The molecule has 192 valence electrons. The van der Waals surface area contributed by atoms with E-state index in [0.29, 0.717) is 33.0 Å². The Morgan fingerprint density at radius 1 is 1.00 bits per heavy atom. The summed E-state index contributed by atoms with van der Waals surface area (Å²) in [4.78, 5) is 37.8. The maximum absolute atomic E-state index is 13.8. The molecule has 1 saturated heterocycles. The highest BCUT2D eigenvalue weighted by atomic mass is 35.5. The summed E-state index contributed by atoms with van der Waals surface area (Å²) in [6.07, 6.45) is 3.28. The number of aromatic amines is 1. The highest BCUT2D eigenvalue weighted by Gasteiger charge is 2.20. The van der Waals surface area contributed by atoms with Crippen LogP contribution >= 0.6 is 11.6 Å². The molecule has 0 spiro atoms. The number of aromatic nitrogens is 4. The zero-order valence-corrected chi connectivity index (χ0v) is 20.8. The molecule has 1 aliphatic rings. The van der Waals surface area contributed by atoms with E-state index in [0.717, 1.165) is 31.5 Å². The molecule has 0 saturated carbocycles. The molecule has 0 atom stereocenters. The van der Waals surface area contributed by atoms with E-state index in [1.165, 1.54) is 18.3 Å². The summed E-state index contributed by atoms with van der Waals surface area (Å²) < 4.78 is 15.4. The maximum Gasteiger partial charge on any atom is 0.278 e. The van der Waals surface area contributed by atoms with Gasteiger partial charge in [-0.25, -0.2) is 14.4 Å². The van der Waals surface area contributed by atoms with Crippen molar-refractivity contribution in [2.24, 2.45) is 0 Å². The molecule has 0 unspecified atom stereocenters. The number of hydrogen-bond acceptors (Lipinski definition) is 5. The van der Waals surface area contributed by atoms with Crippen molar-refractivity contribution < 1.29 is 14.0 Å². The fourth-order valence-corrected chi connectivity index (χ4v) is 4.89. The average Bonchev–Trinajstić information content (AvgIpc) is 3.52. The number of nitrogens with one attached hydrogen (secondary N) is 4. The zero-order valence-electron chi connectivity index (χ0n) is 20.1. The standard InChI is InChI=1S/C27H23ClFN7O2/c28-17-10-16(11-18(29)13-17)15-4-5-20-21(12-15)34-27(33-20)35-25(37)22-14-36-23(2-1-3-24(36)32-22)26(38)31-19-6-8-30-9-7-19/h1-5,10-14,19,30H,6-9H2,(H,31,38)(H2,33,34,35,37). The topological polar surface area (TPSA) is 116 Å². The number of benzene rings is 2. The monoisotopic (exact) mass is 531 g/mol. The van der Waals surface area contributed by atoms with Crippen molar-refractivity contribution in [1.29, 1.82) is 0 Å². The number of H-pyrrole nitrogens is 1. The second kappa shape index (κ2) is 9.88. The molecule has 4 N–H and O–H groups in total. The van der Waals surface area contributed by atoms with Gasteiger partial charge in [-0.2, -0.15) is 0 Å². The van der Waals surface area contributed by atoms with E-state index in [2.05, 4.69) is 30.9 Å². The molecule has 6 rings (SSSR count). The fourth-order valence-electron chi connectivity index (χ4n) is 4.67. The Hall–Kier alpha value is -4.28. The van der Waals surface area contributed by atoms with Crippen LogP contribution in [-0.2, 0) is 0 Å². The van der Waals surface area contributed by atoms with Crippen LogP contribution in [0.4, 0.5) is 10.3 Å². The second-order valence-corrected chi connectivity index (χ2v) is 9.63. The summed E-state index contributed by atoms with van der Waals surface area (Å²) in [5, 5.41) is 9.38. The van der Waals surface area contributed by atoms with Gasteiger partial charge in [-0.05, 0) is 79.5 Å². The van der Waals surface area contributed by atoms with Gasteiger partial charge in [0.25, 0.3) is 11.8 Å². The van der Waals surface area contributed by atoms with Crippen LogP contribution in [0.2, 0.25) is 5.02 Å². The molecule has 11 heteroatoms. The lowest BCUT2D eigenvalue weighted by Gasteiger charge is -2.23. The number of imidazole rings is 2. The van der Waals surface area contributed by atoms with Crippen LogP contribution in [-0.4, -0.2) is 50.3 Å². The molecule has 3 aromatic heterocycles. The van der Waals surface area contributed by atoms with Crippen molar-refractivity contribution in [3.8, 4) is 11.1 Å². The predicted octanol–water partition coefficient (Wildman–Crippen LogP) is 4.40. The molecule has 2 amide bonds. The predicted molar refractivity (Wildman–Crippen MR) is 143 cm³/mol. The van der Waals surface area contributed by atoms with Crippen molar-refractivity contribution in [3.63, 3.8) is 0 Å². The number of hydrogen-bond donors (Lipinski definition) is 4. The first-order chi connectivity index (χ1) is 18.4. The number of fused-ring (bicyclic) bond motifs is 2. The Labute approximate surface area is 221 Å². The summed E-state index contributed by atoms with van der Waals surface area (Å²) in [5.41, 5.74) is 3.68. The van der Waals surface area contributed by atoms with Crippen molar-refractivity contribution in [3.05, 3.63) is 83.0 Å². The van der Waals surface area contributed by atoms with Crippen molar-refractivity contribution >= 4 is 46.0 Å². The number of carbonyl (C=O) groups is 2. The van der Waals surface area contributed by atoms with E-state index < -0.39 is 11.7 Å². The summed E-state index contributed by atoms with van der Waals surface area (Å²) in [5.74, 6) is -0.876. The number of anilines is 1. The molecular weight excluding hydrogens is 509 g/mol. The fraction of sp³-hybridized carbons (Fsp3) is 0.185. The van der Waals surface area contributed by atoms with Crippen molar-refractivity contribution in [2.45, 2.75) is 18.9 Å². The lowest BCUT2D eigenvalue weighted by atomic mass is 10.1. The molecule has 9 nitrogen and oxygen atoms in total. The number of nitrogens with zero attached hydrogens (tertiary/aromatic N) is 3. The lowest BCUT2D eigenvalue weighted by molar-refractivity contribution is 0.0922. The summed E-state index contributed by atoms with van der Waals surface area (Å²) in [6, 6.07) is 15.0. The van der Waals surface area contributed by atoms with Gasteiger partial charge >= 0.3 is 0 Å². The minimum Gasteiger partial charge on any atom is -0.348 e. The maximum atomic E-state index is 13.8. The van der Waals surface area contributed by atoms with Crippen LogP contribution in [0.25, 0.3) is 27.8 Å². The van der Waals surface area contributed by atoms with Gasteiger partial charge in [0.05, 0.1) is 11.0 Å². The Bertz CT molecular complexity index is 1670. The molecule has 5 aromatic rings. The minimum absolute atomic E-state index is 0.108. The van der Waals surface area contributed by atoms with Crippen LogP contribution in [0.5, 0.6) is 0 Å². The van der Waals surface area contributed by atoms with Gasteiger partial charge < -0.3 is 15.6 Å². The Kier molecular flexibility index (Phi) is 6.26. The average molecular weight is 532 g/mol. The Morgan fingerprint density at radius 2 is 1.84 bits per heavy atom. The molecule has 0 aliphatic carbocycles. The van der Waals surface area contributed by atoms with Crippen LogP contribution in [0.3, 0.4) is 0 Å². The third-order valence-electron chi connectivity index (χ3n) is 6.54. The Morgan fingerprint density at radius 3 is 2.66 bits per heavy atom. The van der Waals surface area contributed by atoms with E-state index in [1.54, 1.807) is 46.9 Å². The number of carbonyl (C=O) groups excluding carboxylic acids is 2. The number of rotatable bonds is 5. The van der Waals surface area contributed by atoms with E-state index in [4.69, 9.17) is 11.6 Å². The van der Waals surface area contributed by atoms with Gasteiger partial charge in [0, 0.05) is 17.3 Å². The smallest absolute Gasteiger partial charge is 0.278 e. The quantitative estimate of drug-likeness (QED) is 0.268. The first-order valence-corrected chi connectivity index (χ1v) is 12.6. The Balaban J connectivity index is 1.22. The van der Waals surface area contributed by atoms with E-state index in [1.807, 2.05) is 0 Å². The number of halogens is 2. The third-order valence-corrected chi connectivity index (χ3v) is 6.76. The summed E-state index contributed by atoms with van der Waals surface area (Å²) in [7, 11) is 0. The second-order valence-electron chi connectivity index (χ2n) is 9.19. The van der Waals surface area contributed by atoms with E-state index >= 15 is 0 Å². The molecule has 0 bridgehead atoms. The summed E-state index contributed by atoms with van der Waals surface area (Å²) in [6.45, 7) is 1.74. The largest absolute Gasteiger partial charge is 0.348 e. The first kappa shape index (κ1) is 24.1. The van der Waals surface area contributed by atoms with Gasteiger partial charge in [0.1, 0.15) is 22.9 Å². The number of piperidine rings is 1. The van der Waals surface area contributed by atoms with Gasteiger partial charge in [0.15, 0.2) is 0 Å². The third kappa shape index (κ3) is 4.83. The van der Waals surface area contributed by atoms with Gasteiger partial charge in [-0.1, -0.05) is 23.7 Å². The highest BCUT2D eigenvalue weighted by molar-refractivity contribution is 6.30. The molecule has 38 heavy (non-hydrogen) atoms. The summed E-state index contributed by atoms with van der Waals surface area (Å²) >= 11 is 6.00. The van der Waals surface area contributed by atoms with Crippen LogP contribution in [0, 0.1) is 5.82 Å². The normalized spacial score (nSPS) is 14.2. The van der Waals surface area contributed by atoms with Gasteiger partial charge in [-0.15, -0.1) is 0 Å². The van der Waals surface area contributed by atoms with Crippen LogP contribution < -0.4 is 16.0 Å². The number of amides is 2. The zero-order chi connectivity index (χ0) is 26.2. The van der Waals surface area contributed by atoms with Gasteiger partial charge in [-0.3, -0.25) is 19.3 Å². The van der Waals surface area contributed by atoms with Crippen LogP contribution in [0.1, 0.15) is 33.8 Å². The molecule has 0 radical (unpaired) electrons. The first-order valence-electron chi connectivity index (χ1n) is 12.2. The van der Waals surface area contributed by atoms with Crippen molar-refractivity contribution in [2.75, 3.05) is 18.4 Å².